The summed E-state index contributed by atoms with van der Waals surface area (Å²) in [6, 6.07) is 14.7. The van der Waals surface area contributed by atoms with Crippen LogP contribution in [0.2, 0.25) is 5.02 Å². The number of carbonyl (C=O) groups is 4. The van der Waals surface area contributed by atoms with Gasteiger partial charge < -0.3 is 30.1 Å². The van der Waals surface area contributed by atoms with Crippen molar-refractivity contribution in [1.82, 2.24) is 25.1 Å². The van der Waals surface area contributed by atoms with Gasteiger partial charge in [-0.15, -0.1) is 0 Å². The van der Waals surface area contributed by atoms with E-state index < -0.39 is 39.7 Å². The van der Waals surface area contributed by atoms with Crippen molar-refractivity contribution < 1.29 is 32.3 Å². The first-order valence-electron chi connectivity index (χ1n) is 22.8. The number of sulfonamides is 1. The number of nitrogens with one attached hydrogen (secondary N) is 3. The molecule has 3 N–H and O–H groups in total. The van der Waals surface area contributed by atoms with E-state index in [0.717, 1.165) is 98.8 Å². The number of amides is 4. The van der Waals surface area contributed by atoms with E-state index in [1.807, 2.05) is 30.3 Å². The molecule has 1 aromatic heterocycles. The van der Waals surface area contributed by atoms with Crippen LogP contribution in [0.1, 0.15) is 76.8 Å². The van der Waals surface area contributed by atoms with Gasteiger partial charge in [0.15, 0.2) is 5.82 Å². The first-order chi connectivity index (χ1) is 31.8. The van der Waals surface area contributed by atoms with Crippen LogP contribution < -0.4 is 34.8 Å². The molecule has 0 bridgehead atoms. The average molecular weight is 938 g/mol. The van der Waals surface area contributed by atoms with Crippen LogP contribution >= 0.6 is 11.6 Å². The summed E-state index contributed by atoms with van der Waals surface area (Å²) in [5.41, 5.74) is 6.79. The minimum atomic E-state index is -3.47. The number of para-hydroxylation sites is 1. The van der Waals surface area contributed by atoms with Crippen molar-refractivity contribution in [3.05, 3.63) is 82.0 Å². The highest BCUT2D eigenvalue weighted by Gasteiger charge is 2.45. The molecule has 10 rings (SSSR count). The van der Waals surface area contributed by atoms with E-state index in [9.17, 15) is 27.6 Å². The van der Waals surface area contributed by atoms with Crippen molar-refractivity contribution >= 4 is 85.5 Å². The Labute approximate surface area is 388 Å². The fourth-order valence-corrected chi connectivity index (χ4v) is 11.7. The Balaban J connectivity index is 0.712. The van der Waals surface area contributed by atoms with Gasteiger partial charge in [-0.1, -0.05) is 23.7 Å². The molecule has 0 saturated carbocycles. The number of benzene rings is 3. The summed E-state index contributed by atoms with van der Waals surface area (Å²) >= 11 is 6.57. The van der Waals surface area contributed by atoms with Crippen LogP contribution in [0.3, 0.4) is 0 Å². The lowest BCUT2D eigenvalue weighted by Gasteiger charge is -2.39. The molecule has 17 nitrogen and oxygen atoms in total. The number of piperidine rings is 3. The number of hydrogen-bond acceptors (Lipinski definition) is 14. The highest BCUT2D eigenvalue weighted by Crippen LogP contribution is 2.43. The van der Waals surface area contributed by atoms with E-state index in [-0.39, 0.29) is 12.8 Å². The maximum absolute atomic E-state index is 13.4. The third kappa shape index (κ3) is 8.38. The highest BCUT2D eigenvalue weighted by molar-refractivity contribution is 7.92. The molecule has 66 heavy (non-hydrogen) atoms. The third-order valence-electron chi connectivity index (χ3n) is 14.2. The van der Waals surface area contributed by atoms with E-state index in [0.29, 0.717) is 70.8 Å². The van der Waals surface area contributed by atoms with Crippen LogP contribution in [0.4, 0.5) is 40.2 Å². The molecule has 4 aromatic rings. The molecule has 346 valence electrons. The zero-order valence-electron chi connectivity index (χ0n) is 37.0. The Kier molecular flexibility index (Phi) is 11.8. The molecule has 0 radical (unpaired) electrons. The molecule has 3 aromatic carbocycles. The van der Waals surface area contributed by atoms with Gasteiger partial charge in [-0.2, -0.15) is 4.98 Å². The van der Waals surface area contributed by atoms with Gasteiger partial charge in [0.2, 0.25) is 27.8 Å². The maximum Gasteiger partial charge on any atom is 0.262 e. The predicted octanol–water partition coefficient (Wildman–Crippen LogP) is 5.48. The maximum atomic E-state index is 13.4. The number of nitrogens with zero attached hydrogens (tertiary/aromatic N) is 7. The lowest BCUT2D eigenvalue weighted by molar-refractivity contribution is -0.136. The first-order valence-corrected chi connectivity index (χ1v) is 25.0. The van der Waals surface area contributed by atoms with Gasteiger partial charge in [0, 0.05) is 68.5 Å². The number of fused-ring (bicyclic) bond motifs is 3. The Morgan fingerprint density at radius 1 is 0.864 bits per heavy atom. The largest absolute Gasteiger partial charge is 0.491 e. The Bertz CT molecular complexity index is 2740. The number of rotatable bonds is 12. The Morgan fingerprint density at radius 3 is 2.41 bits per heavy atom. The van der Waals surface area contributed by atoms with Crippen LogP contribution in [-0.2, 0) is 32.5 Å². The summed E-state index contributed by atoms with van der Waals surface area (Å²) in [5, 5.41) is 9.16. The van der Waals surface area contributed by atoms with Gasteiger partial charge in [-0.25, -0.2) is 13.4 Å². The van der Waals surface area contributed by atoms with Crippen LogP contribution in [0, 0.1) is 5.92 Å². The highest BCUT2D eigenvalue weighted by atomic mass is 35.5. The van der Waals surface area contributed by atoms with E-state index in [2.05, 4.69) is 53.7 Å². The number of carbonyl (C=O) groups excluding carboxylic acids is 4. The van der Waals surface area contributed by atoms with Gasteiger partial charge in [-0.3, -0.25) is 33.7 Å². The minimum Gasteiger partial charge on any atom is -0.491 e. The van der Waals surface area contributed by atoms with Crippen LogP contribution in [0.25, 0.3) is 0 Å². The fourth-order valence-electron chi connectivity index (χ4n) is 10.5. The number of imide groups is 2. The monoisotopic (exact) mass is 936 g/mol. The van der Waals surface area contributed by atoms with Crippen molar-refractivity contribution in [3.63, 3.8) is 0 Å². The standard InChI is InChI=1S/C47H53ClN10O7S/c1-54(19-12-28-13-20-55(21-14-28)31-6-7-32-34(26-31)46(62)58(45(32)61)39-10-11-40(59)52-44(39)60)30-16-22-56(23-17-30)38-9-8-37(42-33(38)18-25-65-42)51-47-49-27-35(48)43(53-47)50-36-5-3-4-29-15-24-57(41(29)36)66(2,63)64/h3-9,26-28,30,39H,10-25H2,1-2H3,(H,52,59,60)(H2,49,50,51,53). The molecule has 6 aliphatic rings. The summed E-state index contributed by atoms with van der Waals surface area (Å²) in [6.45, 7) is 5.61. The molecule has 0 aliphatic carbocycles. The minimum absolute atomic E-state index is 0.0921. The molecular formula is C47H53ClN10O7S. The van der Waals surface area contributed by atoms with E-state index in [1.165, 1.54) is 28.0 Å². The average Bonchev–Trinajstić information content (AvgIpc) is 4.05. The van der Waals surface area contributed by atoms with Crippen LogP contribution in [0.15, 0.2) is 54.7 Å². The van der Waals surface area contributed by atoms with Gasteiger partial charge in [0.05, 0.1) is 47.2 Å². The molecule has 3 saturated heterocycles. The summed E-state index contributed by atoms with van der Waals surface area (Å²) in [4.78, 5) is 68.2. The lowest BCUT2D eigenvalue weighted by Crippen LogP contribution is -2.54. The molecule has 1 atom stereocenters. The van der Waals surface area contributed by atoms with Crippen LogP contribution in [-0.4, -0.2) is 123 Å². The zero-order chi connectivity index (χ0) is 45.9. The van der Waals surface area contributed by atoms with Crippen molar-refractivity contribution in [1.29, 1.82) is 0 Å². The number of ether oxygens (including phenoxy) is 1. The second kappa shape index (κ2) is 17.7. The number of aromatic nitrogens is 2. The Morgan fingerprint density at radius 2 is 1.64 bits per heavy atom. The molecule has 4 amide bonds. The van der Waals surface area contributed by atoms with Crippen LogP contribution in [0.5, 0.6) is 5.75 Å². The summed E-state index contributed by atoms with van der Waals surface area (Å²) in [7, 11) is -1.22. The summed E-state index contributed by atoms with van der Waals surface area (Å²) in [6.07, 6.45) is 9.71. The quantitative estimate of drug-likeness (QED) is 0.151. The zero-order valence-corrected chi connectivity index (χ0v) is 38.6. The molecule has 1 unspecified atom stereocenters. The molecule has 3 fully saturated rings. The number of anilines is 7. The second-order valence-corrected chi connectivity index (χ2v) is 20.5. The van der Waals surface area contributed by atoms with Crippen molar-refractivity contribution in [2.75, 3.05) is 83.9 Å². The van der Waals surface area contributed by atoms with E-state index >= 15 is 0 Å². The third-order valence-corrected chi connectivity index (χ3v) is 15.6. The summed E-state index contributed by atoms with van der Waals surface area (Å²) < 4.78 is 32.8. The Hall–Kier alpha value is -5.98. The smallest absolute Gasteiger partial charge is 0.262 e. The predicted molar refractivity (Wildman–Crippen MR) is 252 cm³/mol. The summed E-state index contributed by atoms with van der Waals surface area (Å²) in [5.74, 6) is 0.112. The number of halogens is 1. The van der Waals surface area contributed by atoms with E-state index in [1.54, 1.807) is 12.1 Å². The van der Waals surface area contributed by atoms with Gasteiger partial charge in [0.1, 0.15) is 16.8 Å². The molecular weight excluding hydrogens is 884 g/mol. The SMILES string of the molecule is CN(CCC1CCN(c2ccc3c(c2)C(=O)N(C2CCC(=O)NC2=O)C3=O)CC1)C1CCN(c2ccc(Nc3ncc(Cl)c(Nc4cccc5c4N(S(C)(=O)=O)CC5)n3)c3c2CCO3)CC1. The van der Waals surface area contributed by atoms with Crippen molar-refractivity contribution in [2.45, 2.75) is 69.9 Å². The second-order valence-electron chi connectivity index (χ2n) is 18.2. The van der Waals surface area contributed by atoms with E-state index in [4.69, 9.17) is 16.3 Å². The van der Waals surface area contributed by atoms with Gasteiger partial charge in [0.25, 0.3) is 11.8 Å². The van der Waals surface area contributed by atoms with Gasteiger partial charge in [-0.05, 0) is 106 Å². The van der Waals surface area contributed by atoms with Crippen molar-refractivity contribution in [2.24, 2.45) is 5.92 Å². The normalized spacial score (nSPS) is 20.2. The number of hydrogen-bond donors (Lipinski definition) is 3. The lowest BCUT2D eigenvalue weighted by atomic mass is 9.92. The van der Waals surface area contributed by atoms with Crippen molar-refractivity contribution in [3.8, 4) is 5.75 Å². The first kappa shape index (κ1) is 43.9. The molecule has 19 heteroatoms. The molecule has 6 aliphatic heterocycles. The topological polar surface area (TPSA) is 190 Å². The molecule has 0 spiro atoms. The molecule has 7 heterocycles. The fraction of sp³-hybridized carbons (Fsp3) is 0.447. The van der Waals surface area contributed by atoms with Gasteiger partial charge >= 0.3 is 0 Å².